The smallest absolute Gasteiger partial charge is 0.341 e. The van der Waals surface area contributed by atoms with Gasteiger partial charge < -0.3 is 9.84 Å². The summed E-state index contributed by atoms with van der Waals surface area (Å²) in [5.41, 5.74) is 0.711. The van der Waals surface area contributed by atoms with Gasteiger partial charge in [-0.2, -0.15) is 8.78 Å². The summed E-state index contributed by atoms with van der Waals surface area (Å²) in [6.07, 6.45) is 0. The topological polar surface area (TPSA) is 95.8 Å². The predicted molar refractivity (Wildman–Crippen MR) is 101 cm³/mol. The fraction of sp³-hybridized carbons (Fsp3) is 0.444. The number of amides is 1. The molecule has 2 aromatic rings. The van der Waals surface area contributed by atoms with Crippen LogP contribution in [0.5, 0.6) is 0 Å². The van der Waals surface area contributed by atoms with Crippen molar-refractivity contribution >= 4 is 21.4 Å². The molecule has 0 bridgehead atoms. The minimum atomic E-state index is -4.80. The molecule has 2 heterocycles. The summed E-state index contributed by atoms with van der Waals surface area (Å²) in [6, 6.07) is 7.04. The Bertz CT molecular complexity index is 956. The van der Waals surface area contributed by atoms with Crippen LogP contribution >= 0.6 is 0 Å². The first-order chi connectivity index (χ1) is 13.8. The van der Waals surface area contributed by atoms with Crippen molar-refractivity contribution in [1.29, 1.82) is 0 Å². The second-order valence-electron chi connectivity index (χ2n) is 6.83. The van der Waals surface area contributed by atoms with Crippen molar-refractivity contribution in [1.82, 2.24) is 15.0 Å². The molecule has 0 saturated carbocycles. The number of nitrogens with one attached hydrogen (secondary N) is 1. The number of carbonyl (C=O) groups excluding carboxylic acids is 1. The molecule has 8 nitrogen and oxygen atoms in total. The molecule has 0 radical (unpaired) electrons. The van der Waals surface area contributed by atoms with Crippen LogP contribution in [-0.4, -0.2) is 67.8 Å². The quantitative estimate of drug-likeness (QED) is 0.718. The maximum absolute atomic E-state index is 12.9. The van der Waals surface area contributed by atoms with Crippen molar-refractivity contribution in [2.75, 3.05) is 38.0 Å². The average molecular weight is 428 g/mol. The van der Waals surface area contributed by atoms with E-state index in [1.165, 1.54) is 18.2 Å². The second-order valence-corrected chi connectivity index (χ2v) is 8.72. The lowest BCUT2D eigenvalue weighted by molar-refractivity contribution is -0.117. The maximum Gasteiger partial charge on any atom is 0.341 e. The van der Waals surface area contributed by atoms with Crippen molar-refractivity contribution in [3.63, 3.8) is 0 Å². The number of anilines is 1. The first-order valence-electron chi connectivity index (χ1n) is 9.03. The second kappa shape index (κ2) is 8.97. The van der Waals surface area contributed by atoms with Crippen LogP contribution in [0, 0.1) is 6.92 Å². The number of piperazine rings is 1. The van der Waals surface area contributed by atoms with E-state index in [9.17, 15) is 22.0 Å². The third-order valence-electron chi connectivity index (χ3n) is 4.60. The molecule has 29 heavy (non-hydrogen) atoms. The molecule has 1 saturated heterocycles. The number of sulfone groups is 1. The van der Waals surface area contributed by atoms with E-state index in [0.29, 0.717) is 19.6 Å². The number of hydrogen-bond acceptors (Lipinski definition) is 7. The number of aryl methyl sites for hydroxylation is 1. The number of hydrogen-bond donors (Lipinski definition) is 1. The van der Waals surface area contributed by atoms with E-state index in [2.05, 4.69) is 15.4 Å². The van der Waals surface area contributed by atoms with Gasteiger partial charge in [-0.25, -0.2) is 8.42 Å². The van der Waals surface area contributed by atoms with Crippen LogP contribution in [0.1, 0.15) is 11.5 Å². The summed E-state index contributed by atoms with van der Waals surface area (Å²) >= 11 is 0. The number of benzene rings is 1. The monoisotopic (exact) mass is 428 g/mol. The normalized spacial score (nSPS) is 16.3. The highest BCUT2D eigenvalue weighted by Gasteiger charge is 2.29. The molecule has 1 aromatic carbocycles. The molecule has 1 aliphatic heterocycles. The number of halogens is 2. The van der Waals surface area contributed by atoms with Gasteiger partial charge in [-0.05, 0) is 19.1 Å². The lowest BCUT2D eigenvalue weighted by Gasteiger charge is -2.33. The van der Waals surface area contributed by atoms with E-state index >= 15 is 0 Å². The molecule has 3 rings (SSSR count). The molecular formula is C18H22F2N4O4S. The van der Waals surface area contributed by atoms with Gasteiger partial charge in [-0.15, -0.1) is 0 Å². The van der Waals surface area contributed by atoms with Gasteiger partial charge in [0, 0.05) is 38.8 Å². The van der Waals surface area contributed by atoms with Gasteiger partial charge in [0.2, 0.25) is 15.7 Å². The van der Waals surface area contributed by atoms with Gasteiger partial charge in [-0.3, -0.25) is 14.6 Å². The zero-order valence-electron chi connectivity index (χ0n) is 15.8. The minimum absolute atomic E-state index is 0.0416. The molecule has 0 atom stereocenters. The maximum atomic E-state index is 12.9. The Labute approximate surface area is 167 Å². The Kier molecular flexibility index (Phi) is 6.60. The lowest BCUT2D eigenvalue weighted by Crippen LogP contribution is -2.48. The van der Waals surface area contributed by atoms with Crippen molar-refractivity contribution in [3.8, 4) is 0 Å². The first-order valence-corrected chi connectivity index (χ1v) is 10.6. The number of alkyl halides is 2. The fourth-order valence-corrected chi connectivity index (χ4v) is 4.02. The van der Waals surface area contributed by atoms with Gasteiger partial charge in [0.05, 0.1) is 22.8 Å². The van der Waals surface area contributed by atoms with E-state index in [4.69, 9.17) is 4.52 Å². The molecule has 1 N–H and O–H groups in total. The van der Waals surface area contributed by atoms with E-state index in [-0.39, 0.29) is 12.2 Å². The van der Waals surface area contributed by atoms with Crippen LogP contribution in [0.15, 0.2) is 39.8 Å². The number of nitrogens with zero attached hydrogens (tertiary/aromatic N) is 3. The SMILES string of the molecule is Cc1cc(CN2CCN(CC(=O)Nc3ccccc3S(=O)(=O)C(F)F)CC2)no1. The third-order valence-corrected chi connectivity index (χ3v) is 6.03. The van der Waals surface area contributed by atoms with Gasteiger partial charge in [0.25, 0.3) is 0 Å². The van der Waals surface area contributed by atoms with Crippen LogP contribution in [-0.2, 0) is 21.2 Å². The van der Waals surface area contributed by atoms with Gasteiger partial charge in [0.15, 0.2) is 0 Å². The fourth-order valence-electron chi connectivity index (χ4n) is 3.13. The highest BCUT2D eigenvalue weighted by atomic mass is 32.2. The summed E-state index contributed by atoms with van der Waals surface area (Å²) in [4.78, 5) is 15.9. The summed E-state index contributed by atoms with van der Waals surface area (Å²) in [7, 11) is -4.80. The third kappa shape index (κ3) is 5.37. The van der Waals surface area contributed by atoms with Crippen LogP contribution in [0.25, 0.3) is 0 Å². The Morgan fingerprint density at radius 2 is 1.86 bits per heavy atom. The molecule has 11 heteroatoms. The van der Waals surface area contributed by atoms with Crippen molar-refractivity contribution in [2.24, 2.45) is 0 Å². The Balaban J connectivity index is 1.53. The van der Waals surface area contributed by atoms with E-state index in [1.54, 1.807) is 0 Å². The number of rotatable bonds is 7. The zero-order valence-corrected chi connectivity index (χ0v) is 16.7. The standard InChI is InChI=1S/C18H22F2N4O4S/c1-13-10-14(22-28-13)11-23-6-8-24(9-7-23)12-17(25)21-15-4-2-3-5-16(15)29(26,27)18(19)20/h2-5,10,18H,6-9,11-12H2,1H3,(H,21,25). The molecule has 0 spiro atoms. The zero-order chi connectivity index (χ0) is 21.0. The van der Waals surface area contributed by atoms with Crippen LogP contribution < -0.4 is 5.32 Å². The average Bonchev–Trinajstić information content (AvgIpc) is 3.08. The van der Waals surface area contributed by atoms with Crippen LogP contribution in [0.4, 0.5) is 14.5 Å². The molecule has 1 amide bonds. The largest absolute Gasteiger partial charge is 0.361 e. The molecule has 0 unspecified atom stereocenters. The summed E-state index contributed by atoms with van der Waals surface area (Å²) in [5, 5.41) is 6.41. The Morgan fingerprint density at radius 3 is 2.48 bits per heavy atom. The van der Waals surface area contributed by atoms with E-state index in [0.717, 1.165) is 30.6 Å². The Morgan fingerprint density at radius 1 is 1.21 bits per heavy atom. The Hall–Kier alpha value is -2.37. The number of carbonyl (C=O) groups is 1. The van der Waals surface area contributed by atoms with Crippen molar-refractivity contribution < 1.29 is 26.5 Å². The van der Waals surface area contributed by atoms with Crippen molar-refractivity contribution in [3.05, 3.63) is 41.8 Å². The molecule has 1 aromatic heterocycles. The molecule has 0 aliphatic carbocycles. The summed E-state index contributed by atoms with van der Waals surface area (Å²) < 4.78 is 54.3. The summed E-state index contributed by atoms with van der Waals surface area (Å²) in [6.45, 7) is 5.28. The summed E-state index contributed by atoms with van der Waals surface area (Å²) in [5.74, 6) is -3.26. The van der Waals surface area contributed by atoms with E-state index < -0.39 is 26.4 Å². The van der Waals surface area contributed by atoms with Crippen LogP contribution in [0.3, 0.4) is 0 Å². The van der Waals surface area contributed by atoms with Gasteiger partial charge in [-0.1, -0.05) is 17.3 Å². The first kappa shape index (κ1) is 21.3. The number of aromatic nitrogens is 1. The van der Waals surface area contributed by atoms with E-state index in [1.807, 2.05) is 17.9 Å². The lowest BCUT2D eigenvalue weighted by atomic mass is 10.2. The molecule has 1 fully saturated rings. The number of para-hydroxylation sites is 1. The highest BCUT2D eigenvalue weighted by Crippen LogP contribution is 2.26. The van der Waals surface area contributed by atoms with Gasteiger partial charge in [0.1, 0.15) is 5.76 Å². The highest BCUT2D eigenvalue weighted by molar-refractivity contribution is 7.91. The molecule has 1 aliphatic rings. The minimum Gasteiger partial charge on any atom is -0.361 e. The molecule has 158 valence electrons. The molecular weight excluding hydrogens is 406 g/mol. The predicted octanol–water partition coefficient (Wildman–Crippen LogP) is 1.74. The van der Waals surface area contributed by atoms with Gasteiger partial charge >= 0.3 is 5.76 Å². The van der Waals surface area contributed by atoms with Crippen LogP contribution in [0.2, 0.25) is 0 Å². The van der Waals surface area contributed by atoms with Crippen molar-refractivity contribution in [2.45, 2.75) is 24.1 Å².